The van der Waals surface area contributed by atoms with Crippen molar-refractivity contribution in [1.82, 2.24) is 0 Å². The van der Waals surface area contributed by atoms with Crippen molar-refractivity contribution in [2.24, 2.45) is 0 Å². The van der Waals surface area contributed by atoms with Crippen molar-refractivity contribution in [3.8, 4) is 5.75 Å². The van der Waals surface area contributed by atoms with Gasteiger partial charge in [0.05, 0.1) is 5.41 Å². The van der Waals surface area contributed by atoms with E-state index in [9.17, 15) is 18.3 Å². The molecule has 2 unspecified atom stereocenters. The molecule has 1 N–H and O–H groups in total. The van der Waals surface area contributed by atoms with Crippen LogP contribution in [0.5, 0.6) is 5.75 Å². The maximum Gasteiger partial charge on any atom is 0.292 e. The van der Waals surface area contributed by atoms with Crippen LogP contribution in [-0.4, -0.2) is 17.2 Å². The largest absolute Gasteiger partial charge is 0.508 e. The summed E-state index contributed by atoms with van der Waals surface area (Å²) in [6, 6.07) is 2.96. The highest BCUT2D eigenvalue weighted by Crippen LogP contribution is 2.64. The van der Waals surface area contributed by atoms with Gasteiger partial charge in [-0.15, -0.1) is 0 Å². The van der Waals surface area contributed by atoms with Crippen LogP contribution in [0.1, 0.15) is 43.4 Å². The summed E-state index contributed by atoms with van der Waals surface area (Å²) in [5.74, 6) is -3.24. The van der Waals surface area contributed by atoms with E-state index in [0.717, 1.165) is 0 Å². The van der Waals surface area contributed by atoms with Gasteiger partial charge in [-0.05, 0) is 42.5 Å². The van der Waals surface area contributed by atoms with Crippen LogP contribution in [0.25, 0.3) is 0 Å². The number of hydrogen-bond donors (Lipinski definition) is 1. The first-order chi connectivity index (χ1) is 8.14. The number of phenolic OH excluding ortho intramolecular Hbond substituents is 1. The molecule has 1 aliphatic rings. The monoisotopic (exact) mass is 258 g/mol. The molecule has 1 aromatic rings. The van der Waals surface area contributed by atoms with Crippen molar-refractivity contribution < 1.29 is 18.3 Å². The second-order valence-electron chi connectivity index (χ2n) is 5.57. The van der Waals surface area contributed by atoms with Gasteiger partial charge in [0.25, 0.3) is 5.92 Å². The van der Waals surface area contributed by atoms with Gasteiger partial charge < -0.3 is 5.11 Å². The first-order valence-electron chi connectivity index (χ1n) is 6.00. The standard InChI is InChI=1S/C14H17F3O/c1-7(2)9-6-10(8(3)5-11(9)18)13(4)12(15)14(13,16)17/h5-7,12,18H,1-4H3. The summed E-state index contributed by atoms with van der Waals surface area (Å²) < 4.78 is 40.3. The summed E-state index contributed by atoms with van der Waals surface area (Å²) in [4.78, 5) is 0. The number of aromatic hydroxyl groups is 1. The summed E-state index contributed by atoms with van der Waals surface area (Å²) in [7, 11) is 0. The second-order valence-corrected chi connectivity index (χ2v) is 5.57. The Morgan fingerprint density at radius 2 is 1.78 bits per heavy atom. The molecule has 2 atom stereocenters. The molecule has 1 nitrogen and oxygen atoms in total. The van der Waals surface area contributed by atoms with Crippen LogP contribution in [0.2, 0.25) is 0 Å². The van der Waals surface area contributed by atoms with Crippen LogP contribution in [0.4, 0.5) is 13.2 Å². The third kappa shape index (κ3) is 1.47. The number of phenols is 1. The molecule has 0 aromatic heterocycles. The predicted octanol–water partition coefficient (Wildman–Crippen LogP) is 4.07. The highest BCUT2D eigenvalue weighted by atomic mass is 19.3. The van der Waals surface area contributed by atoms with Crippen LogP contribution in [0.15, 0.2) is 12.1 Å². The van der Waals surface area contributed by atoms with E-state index in [4.69, 9.17) is 0 Å². The molecule has 1 aromatic carbocycles. The lowest BCUT2D eigenvalue weighted by molar-refractivity contribution is 0.0713. The highest BCUT2D eigenvalue weighted by molar-refractivity contribution is 5.52. The fourth-order valence-corrected chi connectivity index (χ4v) is 2.53. The van der Waals surface area contributed by atoms with Gasteiger partial charge in [-0.25, -0.2) is 13.2 Å². The van der Waals surface area contributed by atoms with E-state index in [1.165, 1.54) is 19.1 Å². The van der Waals surface area contributed by atoms with E-state index in [1.54, 1.807) is 6.92 Å². The molecular formula is C14H17F3O. The molecule has 0 aliphatic heterocycles. The number of halogens is 3. The van der Waals surface area contributed by atoms with Gasteiger partial charge in [0, 0.05) is 0 Å². The Balaban J connectivity index is 2.57. The van der Waals surface area contributed by atoms with Crippen LogP contribution >= 0.6 is 0 Å². The third-order valence-corrected chi connectivity index (χ3v) is 3.99. The van der Waals surface area contributed by atoms with E-state index in [0.29, 0.717) is 16.7 Å². The van der Waals surface area contributed by atoms with Gasteiger partial charge in [-0.1, -0.05) is 19.9 Å². The normalized spacial score (nSPS) is 29.7. The molecule has 0 saturated heterocycles. The summed E-state index contributed by atoms with van der Waals surface area (Å²) in [5.41, 5.74) is -0.388. The Morgan fingerprint density at radius 3 is 2.17 bits per heavy atom. The van der Waals surface area contributed by atoms with E-state index in [2.05, 4.69) is 0 Å². The van der Waals surface area contributed by atoms with Gasteiger partial charge in [0.2, 0.25) is 0 Å². The first-order valence-corrected chi connectivity index (χ1v) is 6.00. The minimum absolute atomic E-state index is 0.00150. The second kappa shape index (κ2) is 3.65. The van der Waals surface area contributed by atoms with E-state index in [-0.39, 0.29) is 11.7 Å². The van der Waals surface area contributed by atoms with Crippen LogP contribution in [0, 0.1) is 6.92 Å². The Morgan fingerprint density at radius 1 is 1.28 bits per heavy atom. The van der Waals surface area contributed by atoms with Crippen molar-refractivity contribution in [2.45, 2.75) is 51.1 Å². The molecule has 0 amide bonds. The fraction of sp³-hybridized carbons (Fsp3) is 0.571. The topological polar surface area (TPSA) is 20.2 Å². The molecular weight excluding hydrogens is 241 g/mol. The number of alkyl halides is 3. The molecule has 0 heterocycles. The molecule has 100 valence electrons. The predicted molar refractivity (Wildman–Crippen MR) is 64.1 cm³/mol. The molecule has 0 radical (unpaired) electrons. The van der Waals surface area contributed by atoms with Gasteiger partial charge in [-0.2, -0.15) is 0 Å². The Kier molecular flexibility index (Phi) is 2.69. The summed E-state index contributed by atoms with van der Waals surface area (Å²) in [6.07, 6.45) is -2.15. The minimum atomic E-state index is -3.32. The zero-order valence-corrected chi connectivity index (χ0v) is 10.9. The number of benzene rings is 1. The van der Waals surface area contributed by atoms with Crippen LogP contribution < -0.4 is 0 Å². The minimum Gasteiger partial charge on any atom is -0.508 e. The number of aryl methyl sites for hydroxylation is 1. The Bertz CT molecular complexity index is 496. The van der Waals surface area contributed by atoms with Gasteiger partial charge in [0.15, 0.2) is 6.17 Å². The third-order valence-electron chi connectivity index (χ3n) is 3.99. The quantitative estimate of drug-likeness (QED) is 0.847. The van der Waals surface area contributed by atoms with Crippen molar-refractivity contribution in [2.75, 3.05) is 0 Å². The summed E-state index contributed by atoms with van der Waals surface area (Å²) in [6.45, 7) is 6.57. The van der Waals surface area contributed by atoms with E-state index in [1.807, 2.05) is 13.8 Å². The molecule has 18 heavy (non-hydrogen) atoms. The lowest BCUT2D eigenvalue weighted by Crippen LogP contribution is -2.14. The van der Waals surface area contributed by atoms with Crippen LogP contribution in [-0.2, 0) is 5.41 Å². The molecule has 0 spiro atoms. The zero-order chi connectivity index (χ0) is 13.9. The van der Waals surface area contributed by atoms with Crippen molar-refractivity contribution in [3.63, 3.8) is 0 Å². The van der Waals surface area contributed by atoms with E-state index >= 15 is 0 Å². The highest BCUT2D eigenvalue weighted by Gasteiger charge is 2.80. The summed E-state index contributed by atoms with van der Waals surface area (Å²) in [5, 5.41) is 9.79. The van der Waals surface area contributed by atoms with E-state index < -0.39 is 17.5 Å². The Hall–Kier alpha value is -1.19. The Labute approximate surface area is 105 Å². The average molecular weight is 258 g/mol. The molecule has 1 saturated carbocycles. The lowest BCUT2D eigenvalue weighted by Gasteiger charge is -2.18. The molecule has 2 rings (SSSR count). The zero-order valence-electron chi connectivity index (χ0n) is 10.9. The molecule has 1 fully saturated rings. The van der Waals surface area contributed by atoms with Gasteiger partial charge in [-0.3, -0.25) is 0 Å². The van der Waals surface area contributed by atoms with Crippen molar-refractivity contribution in [3.05, 3.63) is 28.8 Å². The van der Waals surface area contributed by atoms with Crippen LogP contribution in [0.3, 0.4) is 0 Å². The van der Waals surface area contributed by atoms with Gasteiger partial charge >= 0.3 is 0 Å². The maximum atomic E-state index is 13.4. The molecule has 4 heteroatoms. The van der Waals surface area contributed by atoms with Crippen molar-refractivity contribution in [1.29, 1.82) is 0 Å². The smallest absolute Gasteiger partial charge is 0.292 e. The number of rotatable bonds is 2. The average Bonchev–Trinajstić information content (AvgIpc) is 2.63. The summed E-state index contributed by atoms with van der Waals surface area (Å²) >= 11 is 0. The maximum absolute atomic E-state index is 13.4. The molecule has 1 aliphatic carbocycles. The lowest BCUT2D eigenvalue weighted by atomic mass is 9.88. The van der Waals surface area contributed by atoms with Crippen molar-refractivity contribution >= 4 is 0 Å². The van der Waals surface area contributed by atoms with Gasteiger partial charge in [0.1, 0.15) is 5.75 Å². The SMILES string of the molecule is Cc1cc(O)c(C(C)C)cc1C1(C)C(F)C1(F)F. The number of hydrogen-bond acceptors (Lipinski definition) is 1. The fourth-order valence-electron chi connectivity index (χ4n) is 2.53. The molecule has 0 bridgehead atoms. The first kappa shape index (κ1) is 13.2.